The van der Waals surface area contributed by atoms with E-state index in [1.807, 2.05) is 6.07 Å². The van der Waals surface area contributed by atoms with Crippen molar-refractivity contribution in [1.29, 1.82) is 5.26 Å². The Morgan fingerprint density at radius 3 is 2.45 bits per heavy atom. The molecule has 0 N–H and O–H groups in total. The summed E-state index contributed by atoms with van der Waals surface area (Å²) in [7, 11) is 0. The van der Waals surface area contributed by atoms with Crippen molar-refractivity contribution < 1.29 is 17.9 Å². The molecule has 0 aromatic heterocycles. The van der Waals surface area contributed by atoms with E-state index in [9.17, 15) is 13.2 Å². The molecule has 3 nitrogen and oxygen atoms in total. The van der Waals surface area contributed by atoms with Crippen LogP contribution < -0.4 is 4.74 Å². The highest BCUT2D eigenvalue weighted by Gasteiger charge is 2.31. The van der Waals surface area contributed by atoms with E-state index in [2.05, 4.69) is 4.99 Å². The molecular formula is C16H9F3N2O. The molecule has 0 radical (unpaired) electrons. The van der Waals surface area contributed by atoms with Crippen LogP contribution in [0.2, 0.25) is 0 Å². The molecule has 110 valence electrons. The lowest BCUT2D eigenvalue weighted by Crippen LogP contribution is -2.17. The van der Waals surface area contributed by atoms with Crippen molar-refractivity contribution in [3.8, 4) is 11.8 Å². The summed E-state index contributed by atoms with van der Waals surface area (Å²) in [4.78, 5) is 4.34. The Bertz CT molecular complexity index is 787. The highest BCUT2D eigenvalue weighted by atomic mass is 19.4. The van der Waals surface area contributed by atoms with Crippen LogP contribution in [-0.4, -0.2) is 12.3 Å². The van der Waals surface area contributed by atoms with Crippen LogP contribution in [-0.2, 0) is 6.18 Å². The number of nitriles is 1. The smallest absolute Gasteiger partial charge is 0.416 e. The predicted octanol–water partition coefficient (Wildman–Crippen LogP) is 4.09. The molecule has 0 fully saturated rings. The Hall–Kier alpha value is -2.81. The first kappa shape index (κ1) is 14.1. The zero-order valence-electron chi connectivity index (χ0n) is 11.2. The molecule has 2 aromatic carbocycles. The van der Waals surface area contributed by atoms with Crippen LogP contribution >= 0.6 is 0 Å². The average Bonchev–Trinajstić information content (AvgIpc) is 2.53. The van der Waals surface area contributed by atoms with Gasteiger partial charge in [0.15, 0.2) is 0 Å². The van der Waals surface area contributed by atoms with Gasteiger partial charge in [-0.15, -0.1) is 0 Å². The molecule has 0 amide bonds. The molecular weight excluding hydrogens is 293 g/mol. The summed E-state index contributed by atoms with van der Waals surface area (Å²) in [5, 5.41) is 8.76. The first-order valence-electron chi connectivity index (χ1n) is 6.39. The molecule has 0 saturated heterocycles. The molecule has 1 aliphatic heterocycles. The van der Waals surface area contributed by atoms with Crippen LogP contribution in [0.3, 0.4) is 0 Å². The van der Waals surface area contributed by atoms with E-state index in [1.165, 1.54) is 6.07 Å². The molecule has 1 aliphatic rings. The minimum Gasteiger partial charge on any atom is -0.485 e. The number of benzene rings is 2. The van der Waals surface area contributed by atoms with Gasteiger partial charge in [-0.25, -0.2) is 4.99 Å². The van der Waals surface area contributed by atoms with E-state index in [-0.39, 0.29) is 12.4 Å². The van der Waals surface area contributed by atoms with Gasteiger partial charge >= 0.3 is 6.18 Å². The third-order valence-corrected chi connectivity index (χ3v) is 3.25. The molecule has 0 bridgehead atoms. The standard InChI is InChI=1S/C16H9F3N2O/c17-16(18,19)12-5-6-13-15(7-12)22-9-14(21-13)11-3-1-10(8-20)2-4-11/h1-7H,9H2. The Morgan fingerprint density at radius 1 is 1.09 bits per heavy atom. The second-order valence-corrected chi connectivity index (χ2v) is 4.72. The number of hydrogen-bond acceptors (Lipinski definition) is 3. The molecule has 0 saturated carbocycles. The fraction of sp³-hybridized carbons (Fsp3) is 0.125. The summed E-state index contributed by atoms with van der Waals surface area (Å²) < 4.78 is 43.3. The number of rotatable bonds is 1. The van der Waals surface area contributed by atoms with Crippen molar-refractivity contribution in [2.75, 3.05) is 6.61 Å². The van der Waals surface area contributed by atoms with E-state index in [0.717, 1.165) is 17.7 Å². The van der Waals surface area contributed by atoms with Crippen LogP contribution in [0.15, 0.2) is 47.5 Å². The van der Waals surface area contributed by atoms with E-state index >= 15 is 0 Å². The number of halogens is 3. The lowest BCUT2D eigenvalue weighted by Gasteiger charge is -2.18. The quantitative estimate of drug-likeness (QED) is 0.796. The molecule has 6 heteroatoms. The number of alkyl halides is 3. The highest BCUT2D eigenvalue weighted by Crippen LogP contribution is 2.38. The minimum absolute atomic E-state index is 0.0835. The van der Waals surface area contributed by atoms with Gasteiger partial charge in [-0.05, 0) is 35.9 Å². The summed E-state index contributed by atoms with van der Waals surface area (Å²) in [5.74, 6) is 0.118. The van der Waals surface area contributed by atoms with Crippen molar-refractivity contribution in [3.05, 3.63) is 59.2 Å². The molecule has 0 atom stereocenters. The second-order valence-electron chi connectivity index (χ2n) is 4.72. The van der Waals surface area contributed by atoms with Gasteiger partial charge in [0, 0.05) is 0 Å². The van der Waals surface area contributed by atoms with Crippen LogP contribution in [0, 0.1) is 11.3 Å². The van der Waals surface area contributed by atoms with Crippen LogP contribution in [0.5, 0.6) is 5.75 Å². The number of aliphatic imine (C=N–C) groups is 1. The van der Waals surface area contributed by atoms with E-state index in [0.29, 0.717) is 17.0 Å². The maximum absolute atomic E-state index is 12.7. The van der Waals surface area contributed by atoms with Crippen LogP contribution in [0.25, 0.3) is 0 Å². The maximum Gasteiger partial charge on any atom is 0.416 e. The predicted molar refractivity (Wildman–Crippen MR) is 74.3 cm³/mol. The van der Waals surface area contributed by atoms with Gasteiger partial charge in [-0.2, -0.15) is 18.4 Å². The zero-order chi connectivity index (χ0) is 15.7. The SMILES string of the molecule is N#Cc1ccc(C2=Nc3ccc(C(F)(F)F)cc3OC2)cc1. The molecule has 0 aliphatic carbocycles. The largest absolute Gasteiger partial charge is 0.485 e. The Labute approximate surface area is 124 Å². The van der Waals surface area contributed by atoms with Crippen LogP contribution in [0.1, 0.15) is 16.7 Å². The third kappa shape index (κ3) is 2.66. The summed E-state index contributed by atoms with van der Waals surface area (Å²) in [6, 6.07) is 12.0. The molecule has 0 spiro atoms. The van der Waals surface area contributed by atoms with Crippen molar-refractivity contribution in [3.63, 3.8) is 0 Å². The summed E-state index contributed by atoms with van der Waals surface area (Å²) in [6.45, 7) is 0.0835. The van der Waals surface area contributed by atoms with Crippen LogP contribution in [0.4, 0.5) is 18.9 Å². The lowest BCUT2D eigenvalue weighted by atomic mass is 10.1. The van der Waals surface area contributed by atoms with Crippen molar-refractivity contribution in [2.45, 2.75) is 6.18 Å². The van der Waals surface area contributed by atoms with Gasteiger partial charge in [0.2, 0.25) is 0 Å². The number of nitrogens with zero attached hydrogens (tertiary/aromatic N) is 2. The minimum atomic E-state index is -4.41. The Kier molecular flexibility index (Phi) is 3.33. The first-order valence-corrected chi connectivity index (χ1v) is 6.39. The fourth-order valence-electron chi connectivity index (χ4n) is 2.11. The molecule has 1 heterocycles. The van der Waals surface area contributed by atoms with Crippen molar-refractivity contribution in [1.82, 2.24) is 0 Å². The van der Waals surface area contributed by atoms with Gasteiger partial charge in [-0.3, -0.25) is 0 Å². The molecule has 3 rings (SSSR count). The first-order chi connectivity index (χ1) is 10.5. The fourth-order valence-corrected chi connectivity index (χ4v) is 2.11. The summed E-state index contributed by atoms with van der Waals surface area (Å²) in [5.41, 5.74) is 1.50. The normalized spacial score (nSPS) is 13.6. The lowest BCUT2D eigenvalue weighted by molar-refractivity contribution is -0.137. The average molecular weight is 302 g/mol. The zero-order valence-corrected chi connectivity index (χ0v) is 11.2. The van der Waals surface area contributed by atoms with Crippen molar-refractivity contribution >= 4 is 11.4 Å². The Morgan fingerprint density at radius 2 is 1.82 bits per heavy atom. The van der Waals surface area contributed by atoms with E-state index in [1.54, 1.807) is 24.3 Å². The summed E-state index contributed by atoms with van der Waals surface area (Å²) >= 11 is 0. The van der Waals surface area contributed by atoms with Gasteiger partial charge in [0.25, 0.3) is 0 Å². The molecule has 22 heavy (non-hydrogen) atoms. The number of fused-ring (bicyclic) bond motifs is 1. The summed E-state index contributed by atoms with van der Waals surface area (Å²) in [6.07, 6.45) is -4.41. The second kappa shape index (κ2) is 5.19. The Balaban J connectivity index is 1.95. The van der Waals surface area contributed by atoms with Gasteiger partial charge < -0.3 is 4.74 Å². The van der Waals surface area contributed by atoms with Gasteiger partial charge in [-0.1, -0.05) is 12.1 Å². The number of hydrogen-bond donors (Lipinski definition) is 0. The van der Waals surface area contributed by atoms with Gasteiger partial charge in [0.05, 0.1) is 22.9 Å². The molecule has 2 aromatic rings. The van der Waals surface area contributed by atoms with Crippen molar-refractivity contribution in [2.24, 2.45) is 4.99 Å². The maximum atomic E-state index is 12.7. The highest BCUT2D eigenvalue weighted by molar-refractivity contribution is 6.04. The number of ether oxygens (including phenoxy) is 1. The topological polar surface area (TPSA) is 45.4 Å². The monoisotopic (exact) mass is 302 g/mol. The van der Waals surface area contributed by atoms with E-state index in [4.69, 9.17) is 10.00 Å². The van der Waals surface area contributed by atoms with E-state index < -0.39 is 11.7 Å². The third-order valence-electron chi connectivity index (χ3n) is 3.25. The van der Waals surface area contributed by atoms with Gasteiger partial charge in [0.1, 0.15) is 18.0 Å². The molecule has 0 unspecified atom stereocenters.